The van der Waals surface area contributed by atoms with Crippen LogP contribution in [0.15, 0.2) is 23.4 Å². The van der Waals surface area contributed by atoms with Gasteiger partial charge in [0.1, 0.15) is 0 Å². The molecule has 0 atom stereocenters. The lowest BCUT2D eigenvalue weighted by molar-refractivity contribution is 0.0704. The first-order valence-electron chi connectivity index (χ1n) is 5.19. The van der Waals surface area contributed by atoms with Crippen LogP contribution in [0.5, 0.6) is 0 Å². The minimum atomic E-state index is -0.162. The fourth-order valence-electron chi connectivity index (χ4n) is 1.40. The Labute approximate surface area is 92.5 Å². The molecule has 0 radical (unpaired) electrons. The van der Waals surface area contributed by atoms with Crippen LogP contribution >= 0.6 is 0 Å². The lowest BCUT2D eigenvalue weighted by Crippen LogP contribution is -2.24. The van der Waals surface area contributed by atoms with Gasteiger partial charge in [0.2, 0.25) is 0 Å². The number of ether oxygens (including phenoxy) is 1. The summed E-state index contributed by atoms with van der Waals surface area (Å²) < 4.78 is 8.22. The van der Waals surface area contributed by atoms with Crippen LogP contribution in [0.25, 0.3) is 5.65 Å². The van der Waals surface area contributed by atoms with Crippen LogP contribution in [0.1, 0.15) is 13.8 Å². The standard InChI is InChI=1S/C10H14N4O2/c1-8(2)16-6-5-14-10(15)13-4-3-11-7-9(13)12-14/h3-4,7-8H,5-6H2,1-2H3. The Hall–Kier alpha value is -1.69. The van der Waals surface area contributed by atoms with E-state index in [1.807, 2.05) is 13.8 Å². The molecule has 0 bridgehead atoms. The smallest absolute Gasteiger partial charge is 0.350 e. The van der Waals surface area contributed by atoms with Crippen LogP contribution in [-0.2, 0) is 11.3 Å². The van der Waals surface area contributed by atoms with Crippen molar-refractivity contribution in [2.24, 2.45) is 0 Å². The molecular formula is C10H14N4O2. The molecule has 0 spiro atoms. The molecule has 0 fully saturated rings. The van der Waals surface area contributed by atoms with E-state index in [1.54, 1.807) is 18.6 Å². The average molecular weight is 222 g/mol. The van der Waals surface area contributed by atoms with E-state index >= 15 is 0 Å². The van der Waals surface area contributed by atoms with Crippen LogP contribution < -0.4 is 5.69 Å². The van der Waals surface area contributed by atoms with Gasteiger partial charge < -0.3 is 4.74 Å². The van der Waals surface area contributed by atoms with Gasteiger partial charge in [0, 0.05) is 12.4 Å². The Balaban J connectivity index is 2.19. The van der Waals surface area contributed by atoms with Crippen molar-refractivity contribution < 1.29 is 4.74 Å². The van der Waals surface area contributed by atoms with Crippen molar-refractivity contribution in [2.45, 2.75) is 26.5 Å². The maximum Gasteiger partial charge on any atom is 0.350 e. The van der Waals surface area contributed by atoms with Crippen molar-refractivity contribution in [3.63, 3.8) is 0 Å². The van der Waals surface area contributed by atoms with E-state index in [0.717, 1.165) is 0 Å². The maximum absolute atomic E-state index is 11.8. The number of nitrogens with zero attached hydrogens (tertiary/aromatic N) is 4. The predicted octanol–water partition coefficient (Wildman–Crippen LogP) is 0.316. The zero-order valence-electron chi connectivity index (χ0n) is 9.33. The van der Waals surface area contributed by atoms with Crippen molar-refractivity contribution in [1.29, 1.82) is 0 Å². The summed E-state index contributed by atoms with van der Waals surface area (Å²) in [4.78, 5) is 15.7. The normalized spacial score (nSPS) is 11.4. The van der Waals surface area contributed by atoms with E-state index in [-0.39, 0.29) is 11.8 Å². The molecule has 0 aliphatic rings. The molecule has 6 heteroatoms. The molecule has 2 aromatic rings. The number of rotatable bonds is 4. The lowest BCUT2D eigenvalue weighted by Gasteiger charge is -2.05. The number of hydrogen-bond acceptors (Lipinski definition) is 4. The van der Waals surface area contributed by atoms with Gasteiger partial charge in [-0.15, -0.1) is 5.10 Å². The van der Waals surface area contributed by atoms with Gasteiger partial charge in [-0.3, -0.25) is 4.98 Å². The summed E-state index contributed by atoms with van der Waals surface area (Å²) in [5.41, 5.74) is 0.391. The number of aromatic nitrogens is 4. The van der Waals surface area contributed by atoms with Crippen molar-refractivity contribution >= 4 is 5.65 Å². The average Bonchev–Trinajstić information content (AvgIpc) is 2.56. The molecular weight excluding hydrogens is 208 g/mol. The van der Waals surface area contributed by atoms with Crippen LogP contribution in [-0.4, -0.2) is 31.9 Å². The minimum absolute atomic E-state index is 0.161. The van der Waals surface area contributed by atoms with Gasteiger partial charge >= 0.3 is 5.69 Å². The highest BCUT2D eigenvalue weighted by Crippen LogP contribution is 1.93. The SMILES string of the molecule is CC(C)OCCn1nc2cnccn2c1=O. The largest absolute Gasteiger partial charge is 0.377 e. The highest BCUT2D eigenvalue weighted by atomic mass is 16.5. The molecule has 6 nitrogen and oxygen atoms in total. The molecule has 0 aliphatic carbocycles. The van der Waals surface area contributed by atoms with Gasteiger partial charge in [0.15, 0.2) is 5.65 Å². The van der Waals surface area contributed by atoms with Crippen molar-refractivity contribution in [1.82, 2.24) is 19.2 Å². The Kier molecular flexibility index (Phi) is 3.00. The van der Waals surface area contributed by atoms with Crippen molar-refractivity contribution in [3.8, 4) is 0 Å². The van der Waals surface area contributed by atoms with Crippen LogP contribution in [0, 0.1) is 0 Å². The van der Waals surface area contributed by atoms with Gasteiger partial charge in [-0.1, -0.05) is 0 Å². The summed E-state index contributed by atoms with van der Waals surface area (Å²) >= 11 is 0. The van der Waals surface area contributed by atoms with E-state index in [0.29, 0.717) is 18.8 Å². The third kappa shape index (κ3) is 2.11. The molecule has 86 valence electrons. The van der Waals surface area contributed by atoms with E-state index in [2.05, 4.69) is 10.1 Å². The van der Waals surface area contributed by atoms with Crippen LogP contribution in [0.3, 0.4) is 0 Å². The van der Waals surface area contributed by atoms with E-state index in [4.69, 9.17) is 4.74 Å². The summed E-state index contributed by atoms with van der Waals surface area (Å²) in [5.74, 6) is 0. The second kappa shape index (κ2) is 4.44. The van der Waals surface area contributed by atoms with Crippen molar-refractivity contribution in [3.05, 3.63) is 29.1 Å². The fraction of sp³-hybridized carbons (Fsp3) is 0.500. The van der Waals surface area contributed by atoms with Crippen LogP contribution in [0.2, 0.25) is 0 Å². The molecule has 2 rings (SSSR count). The highest BCUT2D eigenvalue weighted by Gasteiger charge is 2.05. The first-order chi connectivity index (χ1) is 7.68. The third-order valence-corrected chi connectivity index (χ3v) is 2.14. The van der Waals surface area contributed by atoms with E-state index < -0.39 is 0 Å². The summed E-state index contributed by atoms with van der Waals surface area (Å²) in [6.07, 6.45) is 4.88. The molecule has 0 saturated heterocycles. The van der Waals surface area contributed by atoms with Gasteiger partial charge in [0.25, 0.3) is 0 Å². The topological polar surface area (TPSA) is 61.4 Å². The maximum atomic E-state index is 11.8. The Bertz CT molecular complexity index is 529. The Morgan fingerprint density at radius 2 is 2.31 bits per heavy atom. The predicted molar refractivity (Wildman–Crippen MR) is 58.3 cm³/mol. The molecule has 0 aliphatic heterocycles. The first kappa shape index (κ1) is 10.8. The molecule has 0 amide bonds. The zero-order valence-corrected chi connectivity index (χ0v) is 9.33. The molecule has 2 heterocycles. The number of fused-ring (bicyclic) bond motifs is 1. The first-order valence-corrected chi connectivity index (χ1v) is 5.19. The van der Waals surface area contributed by atoms with Gasteiger partial charge in [-0.25, -0.2) is 13.9 Å². The quantitative estimate of drug-likeness (QED) is 0.747. The molecule has 0 N–H and O–H groups in total. The van der Waals surface area contributed by atoms with Crippen LogP contribution in [0.4, 0.5) is 0 Å². The lowest BCUT2D eigenvalue weighted by atomic mass is 10.5. The van der Waals surface area contributed by atoms with E-state index in [9.17, 15) is 4.79 Å². The third-order valence-electron chi connectivity index (χ3n) is 2.14. The summed E-state index contributed by atoms with van der Waals surface area (Å²) in [7, 11) is 0. The molecule has 0 saturated carbocycles. The molecule has 16 heavy (non-hydrogen) atoms. The second-order valence-electron chi connectivity index (χ2n) is 3.73. The van der Waals surface area contributed by atoms with Crippen molar-refractivity contribution in [2.75, 3.05) is 6.61 Å². The Morgan fingerprint density at radius 1 is 1.50 bits per heavy atom. The van der Waals surface area contributed by atoms with E-state index in [1.165, 1.54) is 9.08 Å². The molecule has 0 aromatic carbocycles. The van der Waals surface area contributed by atoms with Gasteiger partial charge in [-0.05, 0) is 13.8 Å². The Morgan fingerprint density at radius 3 is 3.00 bits per heavy atom. The van der Waals surface area contributed by atoms with Gasteiger partial charge in [0.05, 0.1) is 25.5 Å². The summed E-state index contributed by atoms with van der Waals surface area (Å²) in [6, 6.07) is 0. The molecule has 2 aromatic heterocycles. The van der Waals surface area contributed by atoms with Gasteiger partial charge in [-0.2, -0.15) is 0 Å². The fourth-order valence-corrected chi connectivity index (χ4v) is 1.40. The minimum Gasteiger partial charge on any atom is -0.377 e. The number of hydrogen-bond donors (Lipinski definition) is 0. The highest BCUT2D eigenvalue weighted by molar-refractivity contribution is 5.31. The summed E-state index contributed by atoms with van der Waals surface area (Å²) in [5, 5.41) is 4.13. The zero-order chi connectivity index (χ0) is 11.5. The molecule has 0 unspecified atom stereocenters. The monoisotopic (exact) mass is 222 g/mol. The second-order valence-corrected chi connectivity index (χ2v) is 3.73. The summed E-state index contributed by atoms with van der Waals surface area (Å²) in [6.45, 7) is 4.85.